The number of halogens is 2. The molecule has 0 aliphatic carbocycles. The van der Waals surface area contributed by atoms with Crippen molar-refractivity contribution in [2.45, 2.75) is 11.3 Å². The molecule has 0 radical (unpaired) electrons. The highest BCUT2D eigenvalue weighted by Crippen LogP contribution is 2.19. The Labute approximate surface area is 172 Å². The smallest absolute Gasteiger partial charge is 0.263 e. The average molecular weight is 432 g/mol. The molecule has 0 bridgehead atoms. The average Bonchev–Trinajstić information content (AvgIpc) is 2.71. The molecule has 4 N–H and O–H groups in total. The van der Waals surface area contributed by atoms with Crippen molar-refractivity contribution in [3.05, 3.63) is 83.6 Å². The van der Waals surface area contributed by atoms with Crippen LogP contribution in [0.25, 0.3) is 0 Å². The number of sulfonamides is 1. The molecule has 10 heteroatoms. The monoisotopic (exact) mass is 432 g/mol. The summed E-state index contributed by atoms with van der Waals surface area (Å²) in [6.07, 6.45) is 1.75. The quantitative estimate of drug-likeness (QED) is 0.506. The van der Waals surface area contributed by atoms with Crippen LogP contribution in [0.2, 0.25) is 0 Å². The lowest BCUT2D eigenvalue weighted by Gasteiger charge is -2.10. The molecule has 0 unspecified atom stereocenters. The summed E-state index contributed by atoms with van der Waals surface area (Å²) < 4.78 is 53.1. The van der Waals surface area contributed by atoms with Gasteiger partial charge in [-0.2, -0.15) is 0 Å². The number of carbonyl (C=O) groups excluding carboxylic acids is 1. The number of hydrogen-bond acceptors (Lipinski definition) is 5. The van der Waals surface area contributed by atoms with Crippen LogP contribution in [-0.2, 0) is 16.4 Å². The van der Waals surface area contributed by atoms with Crippen LogP contribution in [0.1, 0.15) is 15.9 Å². The minimum absolute atomic E-state index is 0.103. The van der Waals surface area contributed by atoms with Gasteiger partial charge in [0, 0.05) is 24.4 Å². The van der Waals surface area contributed by atoms with Gasteiger partial charge in [-0.15, -0.1) is 0 Å². The molecule has 1 aromatic heterocycles. The van der Waals surface area contributed by atoms with Gasteiger partial charge in [-0.3, -0.25) is 9.52 Å². The van der Waals surface area contributed by atoms with Crippen LogP contribution >= 0.6 is 0 Å². The van der Waals surface area contributed by atoms with Crippen molar-refractivity contribution in [2.75, 3.05) is 16.6 Å². The molecule has 0 aliphatic heterocycles. The molecular formula is C20H18F2N4O3S. The number of amides is 1. The zero-order chi connectivity index (χ0) is 21.7. The van der Waals surface area contributed by atoms with E-state index in [-0.39, 0.29) is 10.6 Å². The van der Waals surface area contributed by atoms with Crippen molar-refractivity contribution in [1.82, 2.24) is 4.98 Å². The summed E-state index contributed by atoms with van der Waals surface area (Å²) in [5.74, 6) is -2.28. The van der Waals surface area contributed by atoms with Crippen molar-refractivity contribution in [1.29, 1.82) is 0 Å². The van der Waals surface area contributed by atoms with E-state index in [0.29, 0.717) is 24.3 Å². The fourth-order valence-electron chi connectivity index (χ4n) is 2.63. The SMILES string of the molecule is NC(=O)c1cccc(CCNc2ccc(S(=O)(=O)Nc3ccc(F)c(F)c3)cn2)c1. The largest absolute Gasteiger partial charge is 0.370 e. The van der Waals surface area contributed by atoms with Gasteiger partial charge in [0.05, 0.1) is 5.69 Å². The third kappa shape index (κ3) is 5.29. The van der Waals surface area contributed by atoms with E-state index in [1.165, 1.54) is 12.1 Å². The van der Waals surface area contributed by atoms with E-state index in [4.69, 9.17) is 5.73 Å². The number of anilines is 2. The second kappa shape index (κ2) is 8.87. The molecule has 0 saturated carbocycles. The van der Waals surface area contributed by atoms with Gasteiger partial charge in [0.15, 0.2) is 11.6 Å². The number of hydrogen-bond donors (Lipinski definition) is 3. The lowest BCUT2D eigenvalue weighted by Crippen LogP contribution is -2.14. The fraction of sp³-hybridized carbons (Fsp3) is 0.100. The zero-order valence-corrected chi connectivity index (χ0v) is 16.4. The Kier molecular flexibility index (Phi) is 6.26. The minimum atomic E-state index is -4.01. The summed E-state index contributed by atoms with van der Waals surface area (Å²) in [6.45, 7) is 0.494. The maximum Gasteiger partial charge on any atom is 0.263 e. The maximum atomic E-state index is 13.3. The highest BCUT2D eigenvalue weighted by atomic mass is 32.2. The van der Waals surface area contributed by atoms with Crippen molar-refractivity contribution >= 4 is 27.4 Å². The molecule has 30 heavy (non-hydrogen) atoms. The van der Waals surface area contributed by atoms with Gasteiger partial charge in [-0.05, 0) is 48.4 Å². The van der Waals surface area contributed by atoms with Gasteiger partial charge in [0.1, 0.15) is 10.7 Å². The lowest BCUT2D eigenvalue weighted by molar-refractivity contribution is 0.1000. The van der Waals surface area contributed by atoms with Gasteiger partial charge < -0.3 is 11.1 Å². The molecule has 156 valence electrons. The molecule has 7 nitrogen and oxygen atoms in total. The number of carbonyl (C=O) groups is 1. The Morgan fingerprint density at radius 1 is 1.03 bits per heavy atom. The second-order valence-corrected chi connectivity index (χ2v) is 8.04. The summed E-state index contributed by atoms with van der Waals surface area (Å²) in [7, 11) is -4.01. The van der Waals surface area contributed by atoms with E-state index in [9.17, 15) is 22.0 Å². The summed E-state index contributed by atoms with van der Waals surface area (Å²) in [6, 6.07) is 12.5. The topological polar surface area (TPSA) is 114 Å². The van der Waals surface area contributed by atoms with Crippen molar-refractivity contribution < 1.29 is 22.0 Å². The van der Waals surface area contributed by atoms with Gasteiger partial charge >= 0.3 is 0 Å². The van der Waals surface area contributed by atoms with E-state index in [1.54, 1.807) is 18.2 Å². The summed E-state index contributed by atoms with van der Waals surface area (Å²) in [5.41, 5.74) is 6.49. The van der Waals surface area contributed by atoms with Crippen LogP contribution in [0.5, 0.6) is 0 Å². The molecule has 3 rings (SSSR count). The summed E-state index contributed by atoms with van der Waals surface area (Å²) >= 11 is 0. The molecule has 0 spiro atoms. The molecule has 0 saturated heterocycles. The predicted octanol–water partition coefficient (Wildman–Crippen LogP) is 2.91. The van der Waals surface area contributed by atoms with E-state index >= 15 is 0 Å². The maximum absolute atomic E-state index is 13.3. The van der Waals surface area contributed by atoms with Crippen LogP contribution in [0.3, 0.4) is 0 Å². The van der Waals surface area contributed by atoms with Crippen LogP contribution in [-0.4, -0.2) is 25.9 Å². The van der Waals surface area contributed by atoms with Gasteiger partial charge in [0.2, 0.25) is 5.91 Å². The highest BCUT2D eigenvalue weighted by Gasteiger charge is 2.16. The molecule has 0 atom stereocenters. The van der Waals surface area contributed by atoms with Crippen molar-refractivity contribution in [3.63, 3.8) is 0 Å². The molecule has 0 fully saturated rings. The number of aromatic nitrogens is 1. The standard InChI is InChI=1S/C20H18F2N4O3S/c21-17-6-4-15(11-18(17)22)26-30(28,29)16-5-7-19(25-12-16)24-9-8-13-2-1-3-14(10-13)20(23)27/h1-7,10-12,26H,8-9H2,(H2,23,27)(H,24,25). The molecule has 3 aromatic rings. The summed E-state index contributed by atoms with van der Waals surface area (Å²) in [4.78, 5) is 15.1. The van der Waals surface area contributed by atoms with Crippen molar-refractivity contribution in [2.24, 2.45) is 5.73 Å². The van der Waals surface area contributed by atoms with Gasteiger partial charge in [-0.25, -0.2) is 22.2 Å². The Balaban J connectivity index is 1.60. The van der Waals surface area contributed by atoms with Crippen LogP contribution in [0.4, 0.5) is 20.3 Å². The first-order valence-electron chi connectivity index (χ1n) is 8.81. The second-order valence-electron chi connectivity index (χ2n) is 6.35. The van der Waals surface area contributed by atoms with E-state index in [1.807, 2.05) is 6.07 Å². The number of nitrogens with two attached hydrogens (primary N) is 1. The lowest BCUT2D eigenvalue weighted by atomic mass is 10.1. The number of benzene rings is 2. The van der Waals surface area contributed by atoms with Gasteiger partial charge in [0.25, 0.3) is 10.0 Å². The summed E-state index contributed by atoms with van der Waals surface area (Å²) in [5, 5.41) is 3.05. The highest BCUT2D eigenvalue weighted by molar-refractivity contribution is 7.92. The van der Waals surface area contributed by atoms with Gasteiger partial charge in [-0.1, -0.05) is 12.1 Å². The Bertz CT molecular complexity index is 1170. The van der Waals surface area contributed by atoms with E-state index < -0.39 is 27.6 Å². The van der Waals surface area contributed by atoms with E-state index in [2.05, 4.69) is 15.0 Å². The molecule has 2 aromatic carbocycles. The molecule has 1 amide bonds. The van der Waals surface area contributed by atoms with E-state index in [0.717, 1.165) is 30.0 Å². The number of nitrogens with zero attached hydrogens (tertiary/aromatic N) is 1. The number of pyridine rings is 1. The zero-order valence-electron chi connectivity index (χ0n) is 15.6. The normalized spacial score (nSPS) is 11.1. The third-order valence-electron chi connectivity index (χ3n) is 4.15. The van der Waals surface area contributed by atoms with Crippen LogP contribution in [0, 0.1) is 11.6 Å². The molecule has 0 aliphatic rings. The van der Waals surface area contributed by atoms with Crippen molar-refractivity contribution in [3.8, 4) is 0 Å². The Morgan fingerprint density at radius 2 is 1.83 bits per heavy atom. The number of primary amides is 1. The molecule has 1 heterocycles. The van der Waals surface area contributed by atoms with Crippen LogP contribution < -0.4 is 15.8 Å². The predicted molar refractivity (Wildman–Crippen MR) is 109 cm³/mol. The first-order valence-corrected chi connectivity index (χ1v) is 10.3. The first-order chi connectivity index (χ1) is 14.2. The minimum Gasteiger partial charge on any atom is -0.370 e. The first kappa shape index (κ1) is 21.2. The molecular weight excluding hydrogens is 414 g/mol. The third-order valence-corrected chi connectivity index (χ3v) is 5.52. The number of rotatable bonds is 8. The Morgan fingerprint density at radius 3 is 2.50 bits per heavy atom. The number of nitrogens with one attached hydrogen (secondary N) is 2. The van der Waals surface area contributed by atoms with Crippen LogP contribution in [0.15, 0.2) is 65.7 Å². The Hall–Kier alpha value is -3.53. The fourth-order valence-corrected chi connectivity index (χ4v) is 3.63.